The summed E-state index contributed by atoms with van der Waals surface area (Å²) in [5, 5.41) is 0. The van der Waals surface area contributed by atoms with Crippen molar-refractivity contribution in [1.82, 2.24) is 0 Å². The van der Waals surface area contributed by atoms with E-state index in [4.69, 9.17) is 5.73 Å². The third-order valence-corrected chi connectivity index (χ3v) is 2.43. The van der Waals surface area contributed by atoms with Gasteiger partial charge in [-0.05, 0) is 18.2 Å². The van der Waals surface area contributed by atoms with Crippen molar-refractivity contribution in [3.63, 3.8) is 0 Å². The molecule has 0 aliphatic carbocycles. The Hall–Kier alpha value is -1.53. The number of anilines is 2. The normalized spacial score (nSPS) is 11.9. The monoisotopic (exact) mass is 268 g/mol. The van der Waals surface area contributed by atoms with E-state index in [1.54, 1.807) is 0 Å². The van der Waals surface area contributed by atoms with Crippen LogP contribution >= 0.6 is 0 Å². The number of halogens is 5. The number of benzene rings is 1. The molecule has 1 rings (SSSR count). The molecule has 0 unspecified atom stereocenters. The zero-order chi connectivity index (χ0) is 13.9. The SMILES string of the molecule is CN(CCC(F)(F)F)c1ccc(N)cc1C(F)F. The lowest BCUT2D eigenvalue weighted by atomic mass is 10.1. The van der Waals surface area contributed by atoms with Gasteiger partial charge in [-0.15, -0.1) is 0 Å². The van der Waals surface area contributed by atoms with Crippen LogP contribution < -0.4 is 10.6 Å². The highest BCUT2D eigenvalue weighted by atomic mass is 19.4. The van der Waals surface area contributed by atoms with Gasteiger partial charge < -0.3 is 10.6 Å². The number of rotatable bonds is 4. The Morgan fingerprint density at radius 1 is 1.28 bits per heavy atom. The number of alkyl halides is 5. The fourth-order valence-corrected chi connectivity index (χ4v) is 1.51. The molecule has 0 spiro atoms. The highest BCUT2D eigenvalue weighted by molar-refractivity contribution is 5.59. The van der Waals surface area contributed by atoms with E-state index in [0.29, 0.717) is 0 Å². The quantitative estimate of drug-likeness (QED) is 0.668. The van der Waals surface area contributed by atoms with Gasteiger partial charge in [0.1, 0.15) is 0 Å². The van der Waals surface area contributed by atoms with Crippen LogP contribution in [0.3, 0.4) is 0 Å². The fraction of sp³-hybridized carbons (Fsp3) is 0.455. The van der Waals surface area contributed by atoms with E-state index in [1.807, 2.05) is 0 Å². The van der Waals surface area contributed by atoms with E-state index in [-0.39, 0.29) is 23.5 Å². The van der Waals surface area contributed by atoms with Gasteiger partial charge in [0.25, 0.3) is 6.43 Å². The Bertz CT molecular complexity index is 403. The maximum absolute atomic E-state index is 12.7. The van der Waals surface area contributed by atoms with Gasteiger partial charge in [-0.25, -0.2) is 8.78 Å². The van der Waals surface area contributed by atoms with Crippen LogP contribution in [0.2, 0.25) is 0 Å². The third-order valence-electron chi connectivity index (χ3n) is 2.43. The summed E-state index contributed by atoms with van der Waals surface area (Å²) in [5.74, 6) is 0. The summed E-state index contributed by atoms with van der Waals surface area (Å²) in [7, 11) is 1.34. The van der Waals surface area contributed by atoms with Crippen LogP contribution in [0.25, 0.3) is 0 Å². The Morgan fingerprint density at radius 3 is 2.39 bits per heavy atom. The van der Waals surface area contributed by atoms with Gasteiger partial charge in [0.15, 0.2) is 0 Å². The molecule has 0 saturated heterocycles. The number of hydrogen-bond donors (Lipinski definition) is 1. The Balaban J connectivity index is 2.88. The molecule has 0 aliphatic heterocycles. The first kappa shape index (κ1) is 14.5. The fourth-order valence-electron chi connectivity index (χ4n) is 1.51. The predicted molar refractivity (Wildman–Crippen MR) is 59.8 cm³/mol. The van der Waals surface area contributed by atoms with Gasteiger partial charge in [0, 0.05) is 30.5 Å². The van der Waals surface area contributed by atoms with Gasteiger partial charge in [-0.3, -0.25) is 0 Å². The van der Waals surface area contributed by atoms with Gasteiger partial charge in [-0.2, -0.15) is 13.2 Å². The van der Waals surface area contributed by atoms with Crippen LogP contribution in [-0.2, 0) is 0 Å². The summed E-state index contributed by atoms with van der Waals surface area (Å²) in [6, 6.07) is 3.75. The zero-order valence-electron chi connectivity index (χ0n) is 9.64. The summed E-state index contributed by atoms with van der Waals surface area (Å²) >= 11 is 0. The predicted octanol–water partition coefficient (Wildman–Crippen LogP) is 3.60. The average molecular weight is 268 g/mol. The van der Waals surface area contributed by atoms with Crippen molar-refractivity contribution in [3.05, 3.63) is 23.8 Å². The van der Waals surface area contributed by atoms with Crippen molar-refractivity contribution in [3.8, 4) is 0 Å². The molecule has 0 aliphatic rings. The van der Waals surface area contributed by atoms with Crippen molar-refractivity contribution in [2.75, 3.05) is 24.2 Å². The van der Waals surface area contributed by atoms with Gasteiger partial charge in [0.2, 0.25) is 0 Å². The molecule has 0 aromatic heterocycles. The second-order valence-electron chi connectivity index (χ2n) is 3.91. The van der Waals surface area contributed by atoms with Crippen molar-refractivity contribution in [2.45, 2.75) is 19.0 Å². The van der Waals surface area contributed by atoms with Gasteiger partial charge >= 0.3 is 6.18 Å². The van der Waals surface area contributed by atoms with Crippen molar-refractivity contribution < 1.29 is 22.0 Å². The summed E-state index contributed by atoms with van der Waals surface area (Å²) in [4.78, 5) is 1.15. The topological polar surface area (TPSA) is 29.3 Å². The molecule has 0 amide bonds. The number of hydrogen-bond acceptors (Lipinski definition) is 2. The summed E-state index contributed by atoms with van der Waals surface area (Å²) < 4.78 is 61.7. The van der Waals surface area contributed by atoms with Crippen LogP contribution in [0.1, 0.15) is 18.4 Å². The molecule has 18 heavy (non-hydrogen) atoms. The number of nitrogens with zero attached hydrogens (tertiary/aromatic N) is 1. The molecule has 7 heteroatoms. The van der Waals surface area contributed by atoms with E-state index in [9.17, 15) is 22.0 Å². The molecular weight excluding hydrogens is 255 g/mol. The van der Waals surface area contributed by atoms with Gasteiger partial charge in [0.05, 0.1) is 6.42 Å². The first-order valence-electron chi connectivity index (χ1n) is 5.16. The largest absolute Gasteiger partial charge is 0.399 e. The third kappa shape index (κ3) is 4.05. The van der Waals surface area contributed by atoms with E-state index in [2.05, 4.69) is 0 Å². The van der Waals surface area contributed by atoms with E-state index >= 15 is 0 Å². The second kappa shape index (κ2) is 5.41. The molecular formula is C11H13F5N2. The first-order valence-corrected chi connectivity index (χ1v) is 5.16. The minimum atomic E-state index is -4.31. The molecule has 1 aromatic rings. The standard InChI is InChI=1S/C11H13F5N2/c1-18(5-4-11(14,15)16)9-3-2-7(17)6-8(9)10(12)13/h2-3,6,10H,4-5,17H2,1H3. The molecule has 2 nitrogen and oxygen atoms in total. The molecule has 2 N–H and O–H groups in total. The maximum Gasteiger partial charge on any atom is 0.390 e. The molecule has 0 radical (unpaired) electrons. The van der Waals surface area contributed by atoms with E-state index in [1.165, 1.54) is 19.2 Å². The smallest absolute Gasteiger partial charge is 0.390 e. The van der Waals surface area contributed by atoms with Crippen LogP contribution in [0.15, 0.2) is 18.2 Å². The lowest BCUT2D eigenvalue weighted by molar-refractivity contribution is -0.132. The lowest BCUT2D eigenvalue weighted by Crippen LogP contribution is -2.25. The van der Waals surface area contributed by atoms with Crippen molar-refractivity contribution >= 4 is 11.4 Å². The average Bonchev–Trinajstić information content (AvgIpc) is 2.24. The molecule has 0 fully saturated rings. The lowest BCUT2D eigenvalue weighted by Gasteiger charge is -2.23. The van der Waals surface area contributed by atoms with Crippen molar-refractivity contribution in [2.24, 2.45) is 0 Å². The first-order chi connectivity index (χ1) is 8.20. The van der Waals surface area contributed by atoms with Crippen LogP contribution in [0.5, 0.6) is 0 Å². The van der Waals surface area contributed by atoms with Crippen molar-refractivity contribution in [1.29, 1.82) is 0 Å². The number of nitrogen functional groups attached to an aromatic ring is 1. The molecule has 102 valence electrons. The van der Waals surface area contributed by atoms with Crippen LogP contribution in [-0.4, -0.2) is 19.8 Å². The molecule has 0 heterocycles. The molecule has 0 bridgehead atoms. The highest BCUT2D eigenvalue weighted by Crippen LogP contribution is 2.32. The summed E-state index contributed by atoms with van der Waals surface area (Å²) in [5.41, 5.74) is 5.23. The molecule has 0 saturated carbocycles. The Kier molecular flexibility index (Phi) is 4.37. The molecule has 1 aromatic carbocycles. The Morgan fingerprint density at radius 2 is 1.89 bits per heavy atom. The Labute approximate surface area is 101 Å². The second-order valence-corrected chi connectivity index (χ2v) is 3.91. The van der Waals surface area contributed by atoms with Gasteiger partial charge in [-0.1, -0.05) is 0 Å². The van der Waals surface area contributed by atoms with E-state index < -0.39 is 19.0 Å². The zero-order valence-corrected chi connectivity index (χ0v) is 9.64. The maximum atomic E-state index is 12.7. The molecule has 0 atom stereocenters. The summed E-state index contributed by atoms with van der Waals surface area (Å²) in [6.07, 6.45) is -8.15. The minimum Gasteiger partial charge on any atom is -0.399 e. The minimum absolute atomic E-state index is 0.0588. The van der Waals surface area contributed by atoms with Crippen LogP contribution in [0.4, 0.5) is 33.3 Å². The van der Waals surface area contributed by atoms with E-state index in [0.717, 1.165) is 11.0 Å². The highest BCUT2D eigenvalue weighted by Gasteiger charge is 2.28. The summed E-state index contributed by atoms with van der Waals surface area (Å²) in [6.45, 7) is -0.382. The van der Waals surface area contributed by atoms with Crippen LogP contribution in [0, 0.1) is 0 Å². The number of nitrogens with two attached hydrogens (primary N) is 1.